The van der Waals surface area contributed by atoms with Crippen molar-refractivity contribution >= 4 is 17.1 Å². The van der Waals surface area contributed by atoms with Gasteiger partial charge in [-0.2, -0.15) is 0 Å². The van der Waals surface area contributed by atoms with Gasteiger partial charge in [-0.05, 0) is 24.1 Å². The van der Waals surface area contributed by atoms with E-state index in [1.54, 1.807) is 7.11 Å². The highest BCUT2D eigenvalue weighted by molar-refractivity contribution is 5.69. The Balaban J connectivity index is 2.73. The molecule has 0 amide bonds. The molecule has 1 atom stereocenters. The molecule has 5 N–H and O–H groups in total. The predicted molar refractivity (Wildman–Crippen MR) is 69.4 cm³/mol. The average Bonchev–Trinajstić information content (AvgIpc) is 2.22. The van der Waals surface area contributed by atoms with Crippen molar-refractivity contribution < 1.29 is 4.74 Å². The molecule has 0 spiro atoms. The van der Waals surface area contributed by atoms with Crippen molar-refractivity contribution in [3.05, 3.63) is 18.2 Å². The molecule has 1 unspecified atom stereocenters. The summed E-state index contributed by atoms with van der Waals surface area (Å²) >= 11 is 0. The van der Waals surface area contributed by atoms with Gasteiger partial charge < -0.3 is 21.5 Å². The second-order valence-corrected chi connectivity index (χ2v) is 4.29. The van der Waals surface area contributed by atoms with Crippen molar-refractivity contribution in [3.8, 4) is 0 Å². The molecule has 4 heteroatoms. The minimum absolute atomic E-state index is 0.271. The number of methoxy groups -OCH3 is 1. The highest BCUT2D eigenvalue weighted by Gasteiger charge is 2.12. The normalized spacial score (nSPS) is 12.8. The number of rotatable bonds is 5. The number of anilines is 3. The van der Waals surface area contributed by atoms with E-state index in [1.165, 1.54) is 0 Å². The van der Waals surface area contributed by atoms with Crippen molar-refractivity contribution in [2.24, 2.45) is 5.92 Å². The molecule has 90 valence electrons. The predicted octanol–water partition coefficient (Wildman–Crippen LogP) is 1.93. The van der Waals surface area contributed by atoms with Gasteiger partial charge in [0.2, 0.25) is 0 Å². The number of benzene rings is 1. The first kappa shape index (κ1) is 12.6. The Labute approximate surface area is 97.0 Å². The zero-order valence-electron chi connectivity index (χ0n) is 10.2. The Morgan fingerprint density at radius 1 is 1.25 bits per heavy atom. The molecule has 1 aromatic carbocycles. The molecule has 0 aliphatic rings. The topological polar surface area (TPSA) is 73.3 Å². The lowest BCUT2D eigenvalue weighted by molar-refractivity contribution is 0.171. The Morgan fingerprint density at radius 3 is 2.44 bits per heavy atom. The lowest BCUT2D eigenvalue weighted by Gasteiger charge is -2.23. The van der Waals surface area contributed by atoms with Crippen LogP contribution >= 0.6 is 0 Å². The van der Waals surface area contributed by atoms with E-state index in [-0.39, 0.29) is 6.04 Å². The van der Waals surface area contributed by atoms with Crippen LogP contribution in [-0.2, 0) is 4.74 Å². The van der Waals surface area contributed by atoms with Gasteiger partial charge >= 0.3 is 0 Å². The minimum Gasteiger partial charge on any atom is -0.397 e. The number of hydrogen-bond donors (Lipinski definition) is 3. The van der Waals surface area contributed by atoms with E-state index in [2.05, 4.69) is 19.2 Å². The summed E-state index contributed by atoms with van der Waals surface area (Å²) < 4.78 is 5.17. The molecule has 0 bridgehead atoms. The zero-order valence-corrected chi connectivity index (χ0v) is 10.2. The van der Waals surface area contributed by atoms with Gasteiger partial charge in [0.25, 0.3) is 0 Å². The molecule has 0 aliphatic carbocycles. The molecule has 0 aliphatic heterocycles. The third-order valence-corrected chi connectivity index (χ3v) is 2.59. The van der Waals surface area contributed by atoms with E-state index in [4.69, 9.17) is 16.2 Å². The summed E-state index contributed by atoms with van der Waals surface area (Å²) in [5, 5.41) is 3.39. The monoisotopic (exact) mass is 223 g/mol. The Kier molecular flexibility index (Phi) is 4.43. The summed E-state index contributed by atoms with van der Waals surface area (Å²) in [4.78, 5) is 0. The smallest absolute Gasteiger partial charge is 0.0666 e. The summed E-state index contributed by atoms with van der Waals surface area (Å²) in [6.07, 6.45) is 0. The van der Waals surface area contributed by atoms with Gasteiger partial charge in [-0.3, -0.25) is 0 Å². The lowest BCUT2D eigenvalue weighted by Crippen LogP contribution is -2.30. The molecular weight excluding hydrogens is 202 g/mol. The van der Waals surface area contributed by atoms with Crippen LogP contribution in [0.15, 0.2) is 18.2 Å². The maximum Gasteiger partial charge on any atom is 0.0666 e. The van der Waals surface area contributed by atoms with Gasteiger partial charge in [-0.25, -0.2) is 0 Å². The minimum atomic E-state index is 0.271. The average molecular weight is 223 g/mol. The molecule has 0 fully saturated rings. The summed E-state index contributed by atoms with van der Waals surface area (Å²) in [6.45, 7) is 4.97. The van der Waals surface area contributed by atoms with Crippen LogP contribution in [0.5, 0.6) is 0 Å². The van der Waals surface area contributed by atoms with E-state index in [0.717, 1.165) is 5.69 Å². The van der Waals surface area contributed by atoms with E-state index >= 15 is 0 Å². The van der Waals surface area contributed by atoms with Crippen LogP contribution in [0.25, 0.3) is 0 Å². The van der Waals surface area contributed by atoms with Crippen LogP contribution in [0, 0.1) is 5.92 Å². The van der Waals surface area contributed by atoms with Crippen molar-refractivity contribution in [2.75, 3.05) is 30.5 Å². The molecule has 0 saturated carbocycles. The Bertz CT molecular complexity index is 339. The standard InChI is InChI=1S/C12H21N3O/c1-8(2)12(7-16-3)15-9-4-5-10(13)11(14)6-9/h4-6,8,12,15H,7,13-14H2,1-3H3. The molecule has 0 radical (unpaired) electrons. The Morgan fingerprint density at radius 2 is 1.94 bits per heavy atom. The Hall–Kier alpha value is -1.42. The van der Waals surface area contributed by atoms with Crippen LogP contribution in [0.4, 0.5) is 17.1 Å². The highest BCUT2D eigenvalue weighted by Crippen LogP contribution is 2.21. The maximum absolute atomic E-state index is 5.75. The number of nitrogens with two attached hydrogens (primary N) is 2. The molecule has 4 nitrogen and oxygen atoms in total. The van der Waals surface area contributed by atoms with Crippen LogP contribution in [0.2, 0.25) is 0 Å². The van der Waals surface area contributed by atoms with Gasteiger partial charge in [-0.1, -0.05) is 13.8 Å². The molecule has 16 heavy (non-hydrogen) atoms. The first-order valence-corrected chi connectivity index (χ1v) is 5.45. The maximum atomic E-state index is 5.75. The SMILES string of the molecule is COCC(Nc1ccc(N)c(N)c1)C(C)C. The highest BCUT2D eigenvalue weighted by atomic mass is 16.5. The third kappa shape index (κ3) is 3.31. The number of nitrogen functional groups attached to an aromatic ring is 2. The molecule has 0 heterocycles. The molecule has 0 saturated heterocycles. The fraction of sp³-hybridized carbons (Fsp3) is 0.500. The summed E-state index contributed by atoms with van der Waals surface area (Å²) in [5.41, 5.74) is 13.6. The summed E-state index contributed by atoms with van der Waals surface area (Å²) in [7, 11) is 1.70. The van der Waals surface area contributed by atoms with Gasteiger partial charge in [0.1, 0.15) is 0 Å². The number of nitrogens with one attached hydrogen (secondary N) is 1. The fourth-order valence-corrected chi connectivity index (χ4v) is 1.46. The second kappa shape index (κ2) is 5.61. The van der Waals surface area contributed by atoms with E-state index in [9.17, 15) is 0 Å². The van der Waals surface area contributed by atoms with Gasteiger partial charge in [0.15, 0.2) is 0 Å². The summed E-state index contributed by atoms with van der Waals surface area (Å²) in [5.74, 6) is 0.485. The first-order chi connectivity index (χ1) is 7.54. The number of hydrogen-bond acceptors (Lipinski definition) is 4. The molecule has 1 rings (SSSR count). The van der Waals surface area contributed by atoms with Crippen molar-refractivity contribution in [2.45, 2.75) is 19.9 Å². The van der Waals surface area contributed by atoms with Crippen molar-refractivity contribution in [1.29, 1.82) is 0 Å². The largest absolute Gasteiger partial charge is 0.397 e. The van der Waals surface area contributed by atoms with E-state index < -0.39 is 0 Å². The summed E-state index contributed by atoms with van der Waals surface area (Å²) in [6, 6.07) is 5.85. The van der Waals surface area contributed by atoms with Crippen LogP contribution < -0.4 is 16.8 Å². The third-order valence-electron chi connectivity index (χ3n) is 2.59. The molecule has 0 aromatic heterocycles. The van der Waals surface area contributed by atoms with E-state index in [0.29, 0.717) is 23.9 Å². The second-order valence-electron chi connectivity index (χ2n) is 4.29. The van der Waals surface area contributed by atoms with Crippen LogP contribution in [-0.4, -0.2) is 19.8 Å². The lowest BCUT2D eigenvalue weighted by atomic mass is 10.0. The first-order valence-electron chi connectivity index (χ1n) is 5.45. The molecule has 1 aromatic rings. The van der Waals surface area contributed by atoms with Gasteiger partial charge in [0, 0.05) is 12.8 Å². The van der Waals surface area contributed by atoms with Gasteiger partial charge in [0.05, 0.1) is 24.0 Å². The van der Waals surface area contributed by atoms with Crippen molar-refractivity contribution in [3.63, 3.8) is 0 Å². The van der Waals surface area contributed by atoms with Crippen LogP contribution in [0.3, 0.4) is 0 Å². The van der Waals surface area contributed by atoms with Crippen LogP contribution in [0.1, 0.15) is 13.8 Å². The van der Waals surface area contributed by atoms with E-state index in [1.807, 2.05) is 18.2 Å². The van der Waals surface area contributed by atoms with Gasteiger partial charge in [-0.15, -0.1) is 0 Å². The quantitative estimate of drug-likeness (QED) is 0.667. The molecular formula is C12H21N3O. The fourth-order valence-electron chi connectivity index (χ4n) is 1.46. The zero-order chi connectivity index (χ0) is 12.1. The number of ether oxygens (including phenoxy) is 1. The van der Waals surface area contributed by atoms with Crippen molar-refractivity contribution in [1.82, 2.24) is 0 Å².